The Balaban J connectivity index is 1.54. The van der Waals surface area contributed by atoms with E-state index in [0.717, 1.165) is 26.1 Å². The molecule has 0 unspecified atom stereocenters. The molecule has 4 nitrogen and oxygen atoms in total. The third-order valence-corrected chi connectivity index (χ3v) is 5.71. The highest BCUT2D eigenvalue weighted by Gasteiger charge is 2.39. The van der Waals surface area contributed by atoms with Crippen molar-refractivity contribution in [3.63, 3.8) is 0 Å². The average Bonchev–Trinajstić information content (AvgIpc) is 3.10. The van der Waals surface area contributed by atoms with Crippen molar-refractivity contribution in [2.75, 3.05) is 0 Å². The van der Waals surface area contributed by atoms with Crippen LogP contribution in [0.4, 0.5) is 0 Å². The van der Waals surface area contributed by atoms with Crippen LogP contribution in [0, 0.1) is 0 Å². The summed E-state index contributed by atoms with van der Waals surface area (Å²) in [5.74, 6) is 0.0239. The van der Waals surface area contributed by atoms with Crippen molar-refractivity contribution in [1.29, 1.82) is 0 Å². The summed E-state index contributed by atoms with van der Waals surface area (Å²) >= 11 is 4.93. The van der Waals surface area contributed by atoms with Crippen molar-refractivity contribution >= 4 is 43.4 Å². The van der Waals surface area contributed by atoms with Gasteiger partial charge in [-0.05, 0) is 53.4 Å². The van der Waals surface area contributed by atoms with Gasteiger partial charge in [-0.2, -0.15) is 0 Å². The van der Waals surface area contributed by atoms with Gasteiger partial charge in [0.2, 0.25) is 0 Å². The maximum absolute atomic E-state index is 12.4. The summed E-state index contributed by atoms with van der Waals surface area (Å²) < 4.78 is 1.89. The molecule has 0 radical (unpaired) electrons. The lowest BCUT2D eigenvalue weighted by molar-refractivity contribution is 0.0931. The van der Waals surface area contributed by atoms with Crippen LogP contribution in [0.25, 0.3) is 10.2 Å². The molecule has 2 saturated heterocycles. The largest absolute Gasteiger partial charge is 0.348 e. The molecule has 2 aromatic rings. The van der Waals surface area contributed by atoms with Crippen molar-refractivity contribution in [1.82, 2.24) is 15.6 Å². The molecule has 20 heavy (non-hydrogen) atoms. The summed E-state index contributed by atoms with van der Waals surface area (Å²) in [7, 11) is 0. The van der Waals surface area contributed by atoms with Crippen LogP contribution in [0.5, 0.6) is 0 Å². The number of aromatic nitrogens is 1. The molecule has 0 aliphatic carbocycles. The third-order valence-electron chi connectivity index (χ3n) is 4.24. The minimum Gasteiger partial charge on any atom is -0.348 e. The monoisotopic (exact) mass is 351 g/mol. The van der Waals surface area contributed by atoms with E-state index in [1.54, 1.807) is 11.3 Å². The molecule has 2 N–H and O–H groups in total. The van der Waals surface area contributed by atoms with Crippen LogP contribution >= 0.6 is 27.3 Å². The maximum Gasteiger partial charge on any atom is 0.251 e. The van der Waals surface area contributed by atoms with Crippen LogP contribution in [0.2, 0.25) is 0 Å². The SMILES string of the molecule is O=C(N[C@@H]1C[C@H]2CC[C@@H]1N2)c1ccc2nc(Br)sc2c1. The highest BCUT2D eigenvalue weighted by Crippen LogP contribution is 2.29. The smallest absolute Gasteiger partial charge is 0.251 e. The van der Waals surface area contributed by atoms with Gasteiger partial charge in [0.25, 0.3) is 5.91 Å². The van der Waals surface area contributed by atoms with Crippen LogP contribution in [-0.2, 0) is 0 Å². The standard InChI is InChI=1S/C14H14BrN3OS/c15-14-18-10-3-1-7(5-12(10)20-14)13(19)17-11-6-8-2-4-9(11)16-8/h1,3,5,8-9,11,16H,2,4,6H2,(H,17,19)/t8-,9+,11-/m1/s1. The number of fused-ring (bicyclic) bond motifs is 3. The molecular weight excluding hydrogens is 338 g/mol. The van der Waals surface area contributed by atoms with Gasteiger partial charge >= 0.3 is 0 Å². The predicted octanol–water partition coefficient (Wildman–Crippen LogP) is 2.68. The fraction of sp³-hybridized carbons (Fsp3) is 0.429. The molecule has 1 aromatic heterocycles. The van der Waals surface area contributed by atoms with Crippen LogP contribution in [0.1, 0.15) is 29.6 Å². The van der Waals surface area contributed by atoms with Crippen LogP contribution < -0.4 is 10.6 Å². The first-order chi connectivity index (χ1) is 9.69. The lowest BCUT2D eigenvalue weighted by atomic mass is 9.95. The third kappa shape index (κ3) is 2.16. The summed E-state index contributed by atoms with van der Waals surface area (Å²) in [5.41, 5.74) is 1.65. The van der Waals surface area contributed by atoms with Crippen molar-refractivity contribution in [2.45, 2.75) is 37.4 Å². The van der Waals surface area contributed by atoms with Gasteiger partial charge in [0.05, 0.1) is 10.2 Å². The number of rotatable bonds is 2. The predicted molar refractivity (Wildman–Crippen MR) is 83.1 cm³/mol. The summed E-state index contributed by atoms with van der Waals surface area (Å²) in [6.07, 6.45) is 3.49. The maximum atomic E-state index is 12.4. The van der Waals surface area contributed by atoms with Crippen LogP contribution in [0.3, 0.4) is 0 Å². The molecule has 2 bridgehead atoms. The molecular formula is C14H14BrN3OS. The van der Waals surface area contributed by atoms with E-state index >= 15 is 0 Å². The molecule has 0 spiro atoms. The summed E-state index contributed by atoms with van der Waals surface area (Å²) in [6.45, 7) is 0. The quantitative estimate of drug-likeness (QED) is 0.874. The highest BCUT2D eigenvalue weighted by atomic mass is 79.9. The number of hydrogen-bond acceptors (Lipinski definition) is 4. The first kappa shape index (κ1) is 12.7. The molecule has 4 rings (SSSR count). The zero-order valence-electron chi connectivity index (χ0n) is 10.7. The van der Waals surface area contributed by atoms with Gasteiger partial charge in [0.15, 0.2) is 3.92 Å². The topological polar surface area (TPSA) is 54.0 Å². The molecule has 6 heteroatoms. The Morgan fingerprint density at radius 2 is 2.35 bits per heavy atom. The number of hydrogen-bond donors (Lipinski definition) is 2. The van der Waals surface area contributed by atoms with E-state index < -0.39 is 0 Å². The zero-order chi connectivity index (χ0) is 13.7. The fourth-order valence-electron chi connectivity index (χ4n) is 3.27. The number of nitrogens with one attached hydrogen (secondary N) is 2. The van der Waals surface area contributed by atoms with Gasteiger partial charge in [0.1, 0.15) is 0 Å². The molecule has 0 saturated carbocycles. The van der Waals surface area contributed by atoms with Gasteiger partial charge in [-0.25, -0.2) is 4.98 Å². The van der Waals surface area contributed by atoms with E-state index in [1.807, 2.05) is 18.2 Å². The summed E-state index contributed by atoms with van der Waals surface area (Å²) in [5, 5.41) is 6.71. The van der Waals surface area contributed by atoms with E-state index in [1.165, 1.54) is 12.8 Å². The minimum absolute atomic E-state index is 0.0239. The first-order valence-electron chi connectivity index (χ1n) is 6.82. The van der Waals surface area contributed by atoms with Gasteiger partial charge < -0.3 is 10.6 Å². The van der Waals surface area contributed by atoms with Gasteiger partial charge in [-0.3, -0.25) is 4.79 Å². The summed E-state index contributed by atoms with van der Waals surface area (Å²) in [6, 6.07) is 7.03. The average molecular weight is 352 g/mol. The fourth-order valence-corrected chi connectivity index (χ4v) is 4.72. The number of benzene rings is 1. The zero-order valence-corrected chi connectivity index (χ0v) is 13.1. The number of halogens is 1. The van der Waals surface area contributed by atoms with Gasteiger partial charge in [0, 0.05) is 23.7 Å². The van der Waals surface area contributed by atoms with E-state index in [0.29, 0.717) is 12.1 Å². The highest BCUT2D eigenvalue weighted by molar-refractivity contribution is 9.11. The Kier molecular flexibility index (Phi) is 3.05. The van der Waals surface area contributed by atoms with Gasteiger partial charge in [-0.15, -0.1) is 11.3 Å². The van der Waals surface area contributed by atoms with Crippen LogP contribution in [0.15, 0.2) is 22.1 Å². The molecule has 1 aromatic carbocycles. The Labute approximate surface area is 129 Å². The number of amides is 1. The second-order valence-electron chi connectivity index (χ2n) is 5.51. The Hall–Kier alpha value is -0.980. The van der Waals surface area contributed by atoms with Crippen LogP contribution in [-0.4, -0.2) is 29.0 Å². The van der Waals surface area contributed by atoms with Crippen molar-refractivity contribution in [3.8, 4) is 0 Å². The number of carbonyl (C=O) groups is 1. The first-order valence-corrected chi connectivity index (χ1v) is 8.43. The lowest BCUT2D eigenvalue weighted by Gasteiger charge is -2.21. The molecule has 2 fully saturated rings. The Morgan fingerprint density at radius 1 is 1.45 bits per heavy atom. The minimum atomic E-state index is 0.0239. The molecule has 3 atom stereocenters. The second kappa shape index (κ2) is 4.79. The lowest BCUT2D eigenvalue weighted by Crippen LogP contribution is -2.42. The molecule has 1 amide bonds. The number of carbonyl (C=O) groups excluding carboxylic acids is 1. The van der Waals surface area contributed by atoms with E-state index in [-0.39, 0.29) is 11.9 Å². The van der Waals surface area contributed by atoms with Crippen molar-refractivity contribution < 1.29 is 4.79 Å². The van der Waals surface area contributed by atoms with E-state index in [4.69, 9.17) is 0 Å². The Morgan fingerprint density at radius 3 is 3.10 bits per heavy atom. The van der Waals surface area contributed by atoms with E-state index in [9.17, 15) is 4.79 Å². The normalized spacial score (nSPS) is 28.1. The number of thiazole rings is 1. The second-order valence-corrected chi connectivity index (χ2v) is 7.82. The van der Waals surface area contributed by atoms with Crippen molar-refractivity contribution in [3.05, 3.63) is 27.7 Å². The molecule has 2 aliphatic rings. The molecule has 104 valence electrons. The molecule has 2 aliphatic heterocycles. The van der Waals surface area contributed by atoms with E-state index in [2.05, 4.69) is 31.5 Å². The molecule has 3 heterocycles. The van der Waals surface area contributed by atoms with Crippen molar-refractivity contribution in [2.24, 2.45) is 0 Å². The summed E-state index contributed by atoms with van der Waals surface area (Å²) in [4.78, 5) is 16.7. The number of nitrogens with zero attached hydrogens (tertiary/aromatic N) is 1. The Bertz CT molecular complexity index is 686. The van der Waals surface area contributed by atoms with Gasteiger partial charge in [-0.1, -0.05) is 0 Å².